The molecule has 1 aliphatic heterocycles. The average Bonchev–Trinajstić information content (AvgIpc) is 2.84. The number of sulfone groups is 1. The van der Waals surface area contributed by atoms with Gasteiger partial charge in [-0.25, -0.2) is 12.8 Å². The molecule has 1 aromatic heterocycles. The summed E-state index contributed by atoms with van der Waals surface area (Å²) in [5, 5.41) is 0.0801. The number of fused-ring (bicyclic) bond motifs is 1. The summed E-state index contributed by atoms with van der Waals surface area (Å²) >= 11 is 0. The minimum Gasteiger partial charge on any atom is -0.367 e. The number of hydrogen-bond donors (Lipinski definition) is 0. The zero-order chi connectivity index (χ0) is 23.8. The monoisotopic (exact) mass is 471 g/mol. The van der Waals surface area contributed by atoms with E-state index in [1.807, 2.05) is 18.7 Å². The molecule has 8 heteroatoms. The first-order valence-electron chi connectivity index (χ1n) is 11.5. The molecule has 2 aromatic carbocycles. The maximum Gasteiger partial charge on any atom is 0.211 e. The minimum atomic E-state index is -4.04. The maximum atomic E-state index is 15.2. The molecule has 1 aliphatic rings. The molecule has 0 N–H and O–H groups in total. The summed E-state index contributed by atoms with van der Waals surface area (Å²) in [6.07, 6.45) is 2.18. The topological polar surface area (TPSA) is 62.6 Å². The highest BCUT2D eigenvalue weighted by Gasteiger charge is 2.26. The fourth-order valence-electron chi connectivity index (χ4n) is 4.40. The molecular weight excluding hydrogens is 441 g/mol. The molecule has 0 unspecified atom stereocenters. The smallest absolute Gasteiger partial charge is 0.211 e. The Morgan fingerprint density at radius 3 is 2.18 bits per heavy atom. The first-order chi connectivity index (χ1) is 15.8. The lowest BCUT2D eigenvalue weighted by atomic mass is 10.1. The third-order valence-corrected chi connectivity index (χ3v) is 8.31. The van der Waals surface area contributed by atoms with Crippen molar-refractivity contribution in [2.24, 2.45) is 0 Å². The summed E-state index contributed by atoms with van der Waals surface area (Å²) in [7, 11) is -4.04. The van der Waals surface area contributed by atoms with Crippen molar-refractivity contribution in [1.82, 2.24) is 9.47 Å². The number of anilines is 1. The van der Waals surface area contributed by atoms with Crippen molar-refractivity contribution in [3.8, 4) is 0 Å². The molecule has 0 atom stereocenters. The van der Waals surface area contributed by atoms with Gasteiger partial charge in [-0.15, -0.1) is 0 Å². The zero-order valence-corrected chi connectivity index (χ0v) is 20.2. The van der Waals surface area contributed by atoms with Crippen LogP contribution in [0.25, 0.3) is 10.9 Å². The predicted molar refractivity (Wildman–Crippen MR) is 129 cm³/mol. The summed E-state index contributed by atoms with van der Waals surface area (Å²) in [5.74, 6) is -0.506. The number of likely N-dealkylation sites (N-methyl/N-ethyl adjacent to an activating group) is 1. The fourth-order valence-corrected chi connectivity index (χ4v) is 5.77. The molecule has 33 heavy (non-hydrogen) atoms. The predicted octanol–water partition coefficient (Wildman–Crippen LogP) is 3.70. The number of aromatic nitrogens is 1. The molecule has 0 aliphatic carbocycles. The standard InChI is InChI=1S/C25H30FN3O3S/c1-4-18-7-9-19(10-8-18)33(31,32)24-17-28(6-3)22-16-23(21(26)15-20(22)25(24)30)29-13-11-27(5-2)12-14-29/h7-10,15-17H,4-6,11-14H2,1-3H3. The molecule has 176 valence electrons. The van der Waals surface area contributed by atoms with Crippen molar-refractivity contribution >= 4 is 26.4 Å². The van der Waals surface area contributed by atoms with Gasteiger partial charge in [-0.1, -0.05) is 26.0 Å². The van der Waals surface area contributed by atoms with E-state index in [4.69, 9.17) is 0 Å². The highest BCUT2D eigenvalue weighted by Crippen LogP contribution is 2.28. The van der Waals surface area contributed by atoms with E-state index in [-0.39, 0.29) is 15.2 Å². The van der Waals surface area contributed by atoms with E-state index in [2.05, 4.69) is 11.8 Å². The Bertz CT molecular complexity index is 1330. The lowest BCUT2D eigenvalue weighted by molar-refractivity contribution is 0.270. The van der Waals surface area contributed by atoms with Crippen LogP contribution >= 0.6 is 0 Å². The minimum absolute atomic E-state index is 0.0599. The van der Waals surface area contributed by atoms with Crippen molar-refractivity contribution in [3.05, 3.63) is 64.2 Å². The van der Waals surface area contributed by atoms with Gasteiger partial charge >= 0.3 is 0 Å². The van der Waals surface area contributed by atoms with Crippen LogP contribution in [0.4, 0.5) is 10.1 Å². The first-order valence-corrected chi connectivity index (χ1v) is 13.0. The first kappa shape index (κ1) is 23.4. The van der Waals surface area contributed by atoms with Gasteiger partial charge in [0.05, 0.1) is 21.5 Å². The number of hydrogen-bond acceptors (Lipinski definition) is 5. The van der Waals surface area contributed by atoms with Crippen LogP contribution in [-0.2, 0) is 22.8 Å². The van der Waals surface area contributed by atoms with Gasteiger partial charge in [0, 0.05) is 38.9 Å². The van der Waals surface area contributed by atoms with Gasteiger partial charge in [0.25, 0.3) is 0 Å². The lowest BCUT2D eigenvalue weighted by Crippen LogP contribution is -2.46. The van der Waals surface area contributed by atoms with Crippen LogP contribution in [0.5, 0.6) is 0 Å². The van der Waals surface area contributed by atoms with Crippen LogP contribution in [0.1, 0.15) is 26.3 Å². The van der Waals surface area contributed by atoms with E-state index < -0.39 is 21.1 Å². The Morgan fingerprint density at radius 1 is 0.939 bits per heavy atom. The van der Waals surface area contributed by atoms with E-state index in [1.54, 1.807) is 22.8 Å². The van der Waals surface area contributed by atoms with E-state index in [9.17, 15) is 13.2 Å². The van der Waals surface area contributed by atoms with Gasteiger partial charge in [0.1, 0.15) is 10.7 Å². The normalized spacial score (nSPS) is 15.3. The lowest BCUT2D eigenvalue weighted by Gasteiger charge is -2.35. The summed E-state index contributed by atoms with van der Waals surface area (Å²) in [6.45, 7) is 10.5. The number of pyridine rings is 1. The molecule has 1 saturated heterocycles. The number of nitrogens with zero attached hydrogens (tertiary/aromatic N) is 3. The largest absolute Gasteiger partial charge is 0.367 e. The molecule has 3 aromatic rings. The Hall–Kier alpha value is -2.71. The van der Waals surface area contributed by atoms with Crippen LogP contribution in [0.3, 0.4) is 0 Å². The number of benzene rings is 2. The van der Waals surface area contributed by atoms with E-state index in [1.165, 1.54) is 24.4 Å². The van der Waals surface area contributed by atoms with Crippen LogP contribution in [0, 0.1) is 5.82 Å². The zero-order valence-electron chi connectivity index (χ0n) is 19.3. The Kier molecular flexibility index (Phi) is 6.59. The molecule has 0 radical (unpaired) electrons. The van der Waals surface area contributed by atoms with Gasteiger partial charge in [0.2, 0.25) is 15.3 Å². The van der Waals surface area contributed by atoms with Gasteiger partial charge in [0.15, 0.2) is 0 Å². The molecule has 1 fully saturated rings. The Labute approximate surface area is 194 Å². The highest BCUT2D eigenvalue weighted by atomic mass is 32.2. The van der Waals surface area contributed by atoms with Crippen LogP contribution in [0.2, 0.25) is 0 Å². The SMILES string of the molecule is CCc1ccc(S(=O)(=O)c2cn(CC)c3cc(N4CCN(CC)CC4)c(F)cc3c2=O)cc1. The van der Waals surface area contributed by atoms with Crippen molar-refractivity contribution in [2.75, 3.05) is 37.6 Å². The molecule has 4 rings (SSSR count). The van der Waals surface area contributed by atoms with Crippen molar-refractivity contribution < 1.29 is 12.8 Å². The summed E-state index contributed by atoms with van der Waals surface area (Å²) in [5.41, 5.74) is 1.33. The summed E-state index contributed by atoms with van der Waals surface area (Å²) in [6, 6.07) is 9.42. The Morgan fingerprint density at radius 2 is 1.61 bits per heavy atom. The molecule has 0 spiro atoms. The molecule has 0 saturated carbocycles. The second-order valence-electron chi connectivity index (χ2n) is 8.35. The molecule has 0 amide bonds. The van der Waals surface area contributed by atoms with Crippen LogP contribution in [0.15, 0.2) is 57.2 Å². The maximum absolute atomic E-state index is 15.2. The quantitative estimate of drug-likeness (QED) is 0.549. The summed E-state index contributed by atoms with van der Waals surface area (Å²) < 4.78 is 43.5. The molecule has 2 heterocycles. The van der Waals surface area contributed by atoms with Gasteiger partial charge < -0.3 is 14.4 Å². The number of aryl methyl sites for hydroxylation is 2. The number of rotatable bonds is 6. The molecular formula is C25H30FN3O3S. The molecule has 0 bridgehead atoms. The highest BCUT2D eigenvalue weighted by molar-refractivity contribution is 7.91. The van der Waals surface area contributed by atoms with Gasteiger partial charge in [-0.05, 0) is 49.7 Å². The van der Waals surface area contributed by atoms with Crippen molar-refractivity contribution in [2.45, 2.75) is 43.5 Å². The summed E-state index contributed by atoms with van der Waals surface area (Å²) in [4.78, 5) is 17.3. The van der Waals surface area contributed by atoms with Crippen molar-refractivity contribution in [3.63, 3.8) is 0 Å². The number of halogens is 1. The fraction of sp³-hybridized carbons (Fsp3) is 0.400. The van der Waals surface area contributed by atoms with E-state index in [0.717, 1.165) is 31.6 Å². The molecule has 6 nitrogen and oxygen atoms in total. The Balaban J connectivity index is 1.83. The van der Waals surface area contributed by atoms with E-state index in [0.29, 0.717) is 30.8 Å². The van der Waals surface area contributed by atoms with E-state index >= 15 is 4.39 Å². The second kappa shape index (κ2) is 9.27. The van der Waals surface area contributed by atoms with Crippen molar-refractivity contribution in [1.29, 1.82) is 0 Å². The van der Waals surface area contributed by atoms with Gasteiger partial charge in [-0.3, -0.25) is 4.79 Å². The second-order valence-corrected chi connectivity index (χ2v) is 10.3. The van der Waals surface area contributed by atoms with Crippen LogP contribution < -0.4 is 10.3 Å². The van der Waals surface area contributed by atoms with Gasteiger partial charge in [-0.2, -0.15) is 0 Å². The third kappa shape index (κ3) is 4.29. The third-order valence-electron chi connectivity index (χ3n) is 6.55. The number of piperazine rings is 1. The van der Waals surface area contributed by atoms with Crippen LogP contribution in [-0.4, -0.2) is 50.6 Å². The average molecular weight is 472 g/mol.